The van der Waals surface area contributed by atoms with Crippen molar-refractivity contribution in [1.82, 2.24) is 5.43 Å². The molecule has 0 saturated carbocycles. The summed E-state index contributed by atoms with van der Waals surface area (Å²) in [5.41, 5.74) is 7.02. The van der Waals surface area contributed by atoms with Gasteiger partial charge < -0.3 is 9.47 Å². The molecule has 5 nitrogen and oxygen atoms in total. The molecule has 0 aromatic heterocycles. The Bertz CT molecular complexity index is 996. The first-order valence-corrected chi connectivity index (χ1v) is 8.61. The summed E-state index contributed by atoms with van der Waals surface area (Å²) in [5.74, 6) is 0.915. The number of hydrogen-bond acceptors (Lipinski definition) is 4. The summed E-state index contributed by atoms with van der Waals surface area (Å²) in [6.07, 6.45) is 0. The fraction of sp³-hybridized carbons (Fsp3) is 0.0909. The van der Waals surface area contributed by atoms with Gasteiger partial charge in [0.25, 0.3) is 5.91 Å². The Morgan fingerprint density at radius 2 is 1.52 bits per heavy atom. The number of carbonyl (C=O) groups excluding carboxylic acids is 1. The van der Waals surface area contributed by atoms with Crippen LogP contribution in [0.1, 0.15) is 22.8 Å². The minimum atomic E-state index is -0.298. The van der Waals surface area contributed by atoms with Gasteiger partial charge in [0.2, 0.25) is 6.79 Å². The van der Waals surface area contributed by atoms with Gasteiger partial charge in [0.05, 0.1) is 5.71 Å². The zero-order chi connectivity index (χ0) is 18.6. The molecule has 1 amide bonds. The van der Waals surface area contributed by atoms with Gasteiger partial charge in [-0.25, -0.2) is 5.43 Å². The Balaban J connectivity index is 1.45. The summed E-state index contributed by atoms with van der Waals surface area (Å²) in [7, 11) is 0. The van der Waals surface area contributed by atoms with Crippen LogP contribution in [0.25, 0.3) is 11.1 Å². The van der Waals surface area contributed by atoms with Crippen molar-refractivity contribution in [2.24, 2.45) is 5.10 Å². The highest BCUT2D eigenvalue weighted by atomic mass is 16.7. The van der Waals surface area contributed by atoms with Crippen molar-refractivity contribution in [2.45, 2.75) is 6.92 Å². The van der Waals surface area contributed by atoms with Crippen molar-refractivity contribution in [3.8, 4) is 22.6 Å². The third-order valence-corrected chi connectivity index (χ3v) is 4.37. The monoisotopic (exact) mass is 358 g/mol. The molecule has 0 radical (unpaired) electrons. The molecule has 3 aromatic rings. The number of nitrogens with zero attached hydrogens (tertiary/aromatic N) is 1. The van der Waals surface area contributed by atoms with Crippen LogP contribution in [0.4, 0.5) is 0 Å². The zero-order valence-electron chi connectivity index (χ0n) is 14.8. The van der Waals surface area contributed by atoms with E-state index in [0.29, 0.717) is 17.1 Å². The number of ether oxygens (including phenoxy) is 2. The minimum absolute atomic E-state index is 0.177. The second-order valence-corrected chi connectivity index (χ2v) is 6.15. The highest BCUT2D eigenvalue weighted by Gasteiger charge is 2.16. The lowest BCUT2D eigenvalue weighted by atomic mass is 10.0. The number of benzene rings is 3. The Hall–Kier alpha value is -3.60. The van der Waals surface area contributed by atoms with Gasteiger partial charge >= 0.3 is 0 Å². The molecule has 1 aliphatic heterocycles. The van der Waals surface area contributed by atoms with E-state index in [1.165, 1.54) is 0 Å². The maximum Gasteiger partial charge on any atom is 0.271 e. The van der Waals surface area contributed by atoms with E-state index in [0.717, 1.165) is 22.4 Å². The van der Waals surface area contributed by atoms with Gasteiger partial charge in [-0.1, -0.05) is 54.6 Å². The summed E-state index contributed by atoms with van der Waals surface area (Å²) < 4.78 is 10.5. The summed E-state index contributed by atoms with van der Waals surface area (Å²) in [5, 5.41) is 4.21. The van der Waals surface area contributed by atoms with E-state index in [2.05, 4.69) is 22.7 Å². The van der Waals surface area contributed by atoms with Gasteiger partial charge in [-0.2, -0.15) is 5.10 Å². The standard InChI is InChI=1S/C22H18N2O3/c1-15(16-7-9-18(10-8-16)17-5-3-2-4-6-17)23-24-22(25)19-11-12-20-21(13-19)27-14-26-20/h2-13H,14H2,1H3,(H,24,25)/b23-15-. The molecule has 1 heterocycles. The largest absolute Gasteiger partial charge is 0.454 e. The van der Waals surface area contributed by atoms with Gasteiger partial charge in [0, 0.05) is 5.56 Å². The van der Waals surface area contributed by atoms with E-state index in [1.54, 1.807) is 18.2 Å². The van der Waals surface area contributed by atoms with Crippen LogP contribution in [0.5, 0.6) is 11.5 Å². The smallest absolute Gasteiger partial charge is 0.271 e. The molecule has 27 heavy (non-hydrogen) atoms. The second-order valence-electron chi connectivity index (χ2n) is 6.15. The lowest BCUT2D eigenvalue weighted by molar-refractivity contribution is 0.0954. The molecule has 0 fully saturated rings. The molecule has 0 unspecified atom stereocenters. The molecule has 0 aliphatic carbocycles. The Kier molecular flexibility index (Phi) is 4.58. The minimum Gasteiger partial charge on any atom is -0.454 e. The maximum absolute atomic E-state index is 12.3. The molecule has 3 aromatic carbocycles. The predicted octanol–water partition coefficient (Wildman–Crippen LogP) is 4.24. The Labute approximate surface area is 157 Å². The lowest BCUT2D eigenvalue weighted by Crippen LogP contribution is -2.19. The third-order valence-electron chi connectivity index (χ3n) is 4.37. The molecule has 5 heteroatoms. The Morgan fingerprint density at radius 1 is 0.852 bits per heavy atom. The van der Waals surface area contributed by atoms with Crippen LogP contribution in [-0.4, -0.2) is 18.4 Å². The summed E-state index contributed by atoms with van der Waals surface area (Å²) in [6.45, 7) is 2.04. The molecule has 1 N–H and O–H groups in total. The molecular formula is C22H18N2O3. The van der Waals surface area contributed by atoms with Crippen molar-refractivity contribution >= 4 is 11.6 Å². The molecular weight excluding hydrogens is 340 g/mol. The van der Waals surface area contributed by atoms with Crippen molar-refractivity contribution < 1.29 is 14.3 Å². The number of amides is 1. The lowest BCUT2D eigenvalue weighted by Gasteiger charge is -2.06. The van der Waals surface area contributed by atoms with Crippen LogP contribution in [0.15, 0.2) is 77.9 Å². The maximum atomic E-state index is 12.3. The van der Waals surface area contributed by atoms with Crippen molar-refractivity contribution in [3.63, 3.8) is 0 Å². The predicted molar refractivity (Wildman–Crippen MR) is 104 cm³/mol. The zero-order valence-corrected chi connectivity index (χ0v) is 14.8. The first kappa shape index (κ1) is 16.8. The number of hydrogen-bond donors (Lipinski definition) is 1. The normalized spacial score (nSPS) is 12.7. The molecule has 0 atom stereocenters. The van der Waals surface area contributed by atoms with E-state index < -0.39 is 0 Å². The second kappa shape index (κ2) is 7.33. The van der Waals surface area contributed by atoms with Gasteiger partial charge in [0.15, 0.2) is 11.5 Å². The van der Waals surface area contributed by atoms with Crippen LogP contribution in [0.2, 0.25) is 0 Å². The summed E-state index contributed by atoms with van der Waals surface area (Å²) >= 11 is 0. The van der Waals surface area contributed by atoms with Crippen molar-refractivity contribution in [2.75, 3.05) is 6.79 Å². The first-order chi connectivity index (χ1) is 13.2. The number of fused-ring (bicyclic) bond motifs is 1. The van der Waals surface area contributed by atoms with E-state index in [1.807, 2.05) is 49.4 Å². The molecule has 4 rings (SSSR count). The van der Waals surface area contributed by atoms with Crippen LogP contribution in [0, 0.1) is 0 Å². The SMILES string of the molecule is C/C(=N/NC(=O)c1ccc2c(c1)OCO2)c1ccc(-c2ccccc2)cc1. The van der Waals surface area contributed by atoms with Crippen LogP contribution < -0.4 is 14.9 Å². The van der Waals surface area contributed by atoms with Gasteiger partial charge in [-0.15, -0.1) is 0 Å². The quantitative estimate of drug-likeness (QED) is 0.561. The van der Waals surface area contributed by atoms with Gasteiger partial charge in [-0.3, -0.25) is 4.79 Å². The van der Waals surface area contributed by atoms with Crippen LogP contribution in [0.3, 0.4) is 0 Å². The highest BCUT2D eigenvalue weighted by molar-refractivity contribution is 6.01. The van der Waals surface area contributed by atoms with Crippen molar-refractivity contribution in [3.05, 3.63) is 83.9 Å². The molecule has 0 bridgehead atoms. The van der Waals surface area contributed by atoms with E-state index in [4.69, 9.17) is 9.47 Å². The molecule has 1 aliphatic rings. The van der Waals surface area contributed by atoms with E-state index >= 15 is 0 Å². The highest BCUT2D eigenvalue weighted by Crippen LogP contribution is 2.32. The van der Waals surface area contributed by atoms with E-state index in [-0.39, 0.29) is 12.7 Å². The molecule has 0 saturated heterocycles. The fourth-order valence-electron chi connectivity index (χ4n) is 2.84. The van der Waals surface area contributed by atoms with Gasteiger partial charge in [0.1, 0.15) is 0 Å². The van der Waals surface area contributed by atoms with E-state index in [9.17, 15) is 4.79 Å². The molecule has 134 valence electrons. The summed E-state index contributed by atoms with van der Waals surface area (Å²) in [6, 6.07) is 23.3. The topological polar surface area (TPSA) is 59.9 Å². The van der Waals surface area contributed by atoms with Gasteiger partial charge in [-0.05, 0) is 41.8 Å². The average molecular weight is 358 g/mol. The first-order valence-electron chi connectivity index (χ1n) is 8.61. The number of hydrazone groups is 1. The number of carbonyl (C=O) groups is 1. The van der Waals surface area contributed by atoms with Crippen LogP contribution in [-0.2, 0) is 0 Å². The van der Waals surface area contributed by atoms with Crippen LogP contribution >= 0.6 is 0 Å². The number of rotatable bonds is 4. The average Bonchev–Trinajstić information content (AvgIpc) is 3.20. The number of nitrogens with one attached hydrogen (secondary N) is 1. The Morgan fingerprint density at radius 3 is 2.30 bits per heavy atom. The summed E-state index contributed by atoms with van der Waals surface area (Å²) in [4.78, 5) is 12.3. The third kappa shape index (κ3) is 3.67. The van der Waals surface area contributed by atoms with Crippen molar-refractivity contribution in [1.29, 1.82) is 0 Å². The molecule has 0 spiro atoms. The fourth-order valence-corrected chi connectivity index (χ4v) is 2.84.